The number of ether oxygens (including phenoxy) is 2. The molecule has 5 nitrogen and oxygen atoms in total. The fraction of sp³-hybridized carbons (Fsp3) is 0.500. The Hall–Kier alpha value is -2.30. The van der Waals surface area contributed by atoms with Crippen LogP contribution in [0.25, 0.3) is 6.08 Å². The van der Waals surface area contributed by atoms with E-state index in [-0.39, 0.29) is 12.1 Å². The summed E-state index contributed by atoms with van der Waals surface area (Å²) in [6, 6.07) is 7.36. The number of hydrogen-bond acceptors (Lipinski definition) is 4. The van der Waals surface area contributed by atoms with Gasteiger partial charge in [-0.15, -0.1) is 0 Å². The Morgan fingerprint density at radius 1 is 1.08 bits per heavy atom. The Labute approximate surface area is 149 Å². The van der Waals surface area contributed by atoms with Crippen LogP contribution in [-0.4, -0.2) is 42.8 Å². The van der Waals surface area contributed by atoms with E-state index in [1.165, 1.54) is 12.7 Å². The van der Waals surface area contributed by atoms with E-state index in [9.17, 15) is 9.59 Å². The third kappa shape index (κ3) is 5.93. The van der Waals surface area contributed by atoms with Crippen LogP contribution in [0.3, 0.4) is 0 Å². The van der Waals surface area contributed by atoms with Crippen molar-refractivity contribution in [2.45, 2.75) is 45.6 Å². The molecule has 0 atom stereocenters. The largest absolute Gasteiger partial charge is 0.465 e. The molecule has 5 heteroatoms. The quantitative estimate of drug-likeness (QED) is 0.751. The number of likely N-dealkylation sites (tertiary alicyclic amines) is 1. The molecule has 0 bridgehead atoms. The second-order valence-electron chi connectivity index (χ2n) is 7.24. The Bertz CT molecular complexity index is 641. The smallest absolute Gasteiger partial charge is 0.410 e. The number of nitrogens with zero attached hydrogens (tertiary/aromatic N) is 1. The van der Waals surface area contributed by atoms with Crippen molar-refractivity contribution in [3.8, 4) is 0 Å². The molecule has 1 fully saturated rings. The van der Waals surface area contributed by atoms with Gasteiger partial charge >= 0.3 is 12.1 Å². The third-order valence-electron chi connectivity index (χ3n) is 3.98. The number of rotatable bonds is 2. The highest BCUT2D eigenvalue weighted by Gasteiger charge is 2.23. The van der Waals surface area contributed by atoms with Crippen molar-refractivity contribution in [2.75, 3.05) is 20.2 Å². The monoisotopic (exact) mass is 345 g/mol. The molecule has 1 aromatic rings. The van der Waals surface area contributed by atoms with Crippen molar-refractivity contribution in [2.24, 2.45) is 0 Å². The molecule has 1 aliphatic rings. The Kier molecular flexibility index (Phi) is 6.23. The van der Waals surface area contributed by atoms with Crippen LogP contribution >= 0.6 is 0 Å². The summed E-state index contributed by atoms with van der Waals surface area (Å²) in [5.41, 5.74) is 2.43. The first kappa shape index (κ1) is 19.0. The predicted octanol–water partition coefficient (Wildman–Crippen LogP) is 4.28. The Balaban J connectivity index is 1.99. The van der Waals surface area contributed by atoms with Crippen LogP contribution in [0.15, 0.2) is 29.8 Å². The van der Waals surface area contributed by atoms with Crippen molar-refractivity contribution in [3.63, 3.8) is 0 Å². The fourth-order valence-corrected chi connectivity index (χ4v) is 2.73. The molecule has 0 unspecified atom stereocenters. The molecular formula is C20H27NO4. The number of benzene rings is 1. The second kappa shape index (κ2) is 8.19. The van der Waals surface area contributed by atoms with Crippen LogP contribution in [0.2, 0.25) is 0 Å². The topological polar surface area (TPSA) is 55.8 Å². The maximum absolute atomic E-state index is 12.2. The van der Waals surface area contributed by atoms with Gasteiger partial charge in [0.25, 0.3) is 0 Å². The molecule has 25 heavy (non-hydrogen) atoms. The highest BCUT2D eigenvalue weighted by Crippen LogP contribution is 2.21. The van der Waals surface area contributed by atoms with Crippen LogP contribution in [0.1, 0.15) is 56.0 Å². The van der Waals surface area contributed by atoms with Gasteiger partial charge in [-0.3, -0.25) is 0 Å². The molecule has 1 aromatic carbocycles. The SMILES string of the molecule is COC(=O)c1ccc(C=C2CCCN(C(=O)OC(C)(C)C)CC2)cc1. The molecule has 0 saturated carbocycles. The standard InChI is InChI=1S/C20H27NO4/c1-20(2,3)25-19(23)21-12-5-6-15(11-13-21)14-16-7-9-17(10-8-16)18(22)24-4/h7-10,14H,5-6,11-13H2,1-4H3. The van der Waals surface area contributed by atoms with E-state index in [2.05, 4.69) is 6.08 Å². The summed E-state index contributed by atoms with van der Waals surface area (Å²) in [7, 11) is 1.38. The van der Waals surface area contributed by atoms with Gasteiger partial charge in [0.05, 0.1) is 12.7 Å². The molecule has 2 rings (SSSR count). The van der Waals surface area contributed by atoms with Crippen LogP contribution in [0.4, 0.5) is 4.79 Å². The maximum Gasteiger partial charge on any atom is 0.410 e. The van der Waals surface area contributed by atoms with Gasteiger partial charge in [0.15, 0.2) is 0 Å². The van der Waals surface area contributed by atoms with Gasteiger partial charge in [-0.25, -0.2) is 9.59 Å². The van der Waals surface area contributed by atoms with Crippen LogP contribution in [-0.2, 0) is 9.47 Å². The summed E-state index contributed by atoms with van der Waals surface area (Å²) in [6.45, 7) is 7.03. The van der Waals surface area contributed by atoms with Crippen LogP contribution in [0.5, 0.6) is 0 Å². The minimum absolute atomic E-state index is 0.240. The lowest BCUT2D eigenvalue weighted by Crippen LogP contribution is -2.37. The summed E-state index contributed by atoms with van der Waals surface area (Å²) in [6.07, 6.45) is 4.61. The van der Waals surface area contributed by atoms with Crippen molar-refractivity contribution in [3.05, 3.63) is 41.0 Å². The van der Waals surface area contributed by atoms with E-state index in [0.717, 1.165) is 24.8 Å². The minimum atomic E-state index is -0.469. The lowest BCUT2D eigenvalue weighted by molar-refractivity contribution is 0.0258. The van der Waals surface area contributed by atoms with E-state index >= 15 is 0 Å². The van der Waals surface area contributed by atoms with Gasteiger partial charge in [-0.05, 0) is 57.7 Å². The van der Waals surface area contributed by atoms with E-state index in [4.69, 9.17) is 9.47 Å². The molecular weight excluding hydrogens is 318 g/mol. The van der Waals surface area contributed by atoms with Crippen molar-refractivity contribution in [1.82, 2.24) is 4.90 Å². The number of carbonyl (C=O) groups is 2. The molecule has 0 spiro atoms. The molecule has 136 valence electrons. The zero-order valence-electron chi connectivity index (χ0n) is 15.5. The Morgan fingerprint density at radius 2 is 1.76 bits per heavy atom. The Morgan fingerprint density at radius 3 is 2.36 bits per heavy atom. The maximum atomic E-state index is 12.2. The summed E-state index contributed by atoms with van der Waals surface area (Å²) in [5, 5.41) is 0. The molecule has 0 N–H and O–H groups in total. The molecule has 1 aliphatic heterocycles. The van der Waals surface area contributed by atoms with Gasteiger partial charge in [0.1, 0.15) is 5.60 Å². The average Bonchev–Trinajstić information content (AvgIpc) is 2.79. The van der Waals surface area contributed by atoms with E-state index in [1.807, 2.05) is 32.9 Å². The zero-order valence-corrected chi connectivity index (χ0v) is 15.5. The summed E-state index contributed by atoms with van der Waals surface area (Å²) in [5.74, 6) is -0.332. The molecule has 1 saturated heterocycles. The van der Waals surface area contributed by atoms with E-state index in [1.54, 1.807) is 17.0 Å². The number of methoxy groups -OCH3 is 1. The zero-order chi connectivity index (χ0) is 18.4. The van der Waals surface area contributed by atoms with Gasteiger partial charge in [-0.2, -0.15) is 0 Å². The second-order valence-corrected chi connectivity index (χ2v) is 7.24. The average molecular weight is 345 g/mol. The van der Waals surface area contributed by atoms with Gasteiger partial charge in [0.2, 0.25) is 0 Å². The molecule has 0 aliphatic carbocycles. The minimum Gasteiger partial charge on any atom is -0.465 e. The fourth-order valence-electron chi connectivity index (χ4n) is 2.73. The first-order chi connectivity index (χ1) is 11.8. The molecule has 0 radical (unpaired) electrons. The summed E-state index contributed by atoms with van der Waals surface area (Å²) >= 11 is 0. The summed E-state index contributed by atoms with van der Waals surface area (Å²) in [4.78, 5) is 25.5. The first-order valence-corrected chi connectivity index (χ1v) is 8.64. The highest BCUT2D eigenvalue weighted by molar-refractivity contribution is 5.89. The lowest BCUT2D eigenvalue weighted by atomic mass is 10.0. The molecule has 0 aromatic heterocycles. The van der Waals surface area contributed by atoms with E-state index < -0.39 is 5.60 Å². The predicted molar refractivity (Wildman–Crippen MR) is 97.4 cm³/mol. The summed E-state index contributed by atoms with van der Waals surface area (Å²) < 4.78 is 10.2. The van der Waals surface area contributed by atoms with Crippen molar-refractivity contribution < 1.29 is 19.1 Å². The van der Waals surface area contributed by atoms with Crippen LogP contribution in [0, 0.1) is 0 Å². The van der Waals surface area contributed by atoms with Crippen molar-refractivity contribution >= 4 is 18.1 Å². The number of hydrogen-bond donors (Lipinski definition) is 0. The number of amides is 1. The van der Waals surface area contributed by atoms with E-state index in [0.29, 0.717) is 18.7 Å². The van der Waals surface area contributed by atoms with Gasteiger partial charge < -0.3 is 14.4 Å². The van der Waals surface area contributed by atoms with Gasteiger partial charge in [-0.1, -0.05) is 23.8 Å². The molecule has 1 amide bonds. The highest BCUT2D eigenvalue weighted by atomic mass is 16.6. The van der Waals surface area contributed by atoms with Crippen molar-refractivity contribution in [1.29, 1.82) is 0 Å². The first-order valence-electron chi connectivity index (χ1n) is 8.64. The number of carbonyl (C=O) groups excluding carboxylic acids is 2. The molecule has 1 heterocycles. The normalized spacial score (nSPS) is 17.1. The third-order valence-corrected chi connectivity index (χ3v) is 3.98. The van der Waals surface area contributed by atoms with Gasteiger partial charge in [0, 0.05) is 13.1 Å². The van der Waals surface area contributed by atoms with Crippen LogP contribution < -0.4 is 0 Å². The lowest BCUT2D eigenvalue weighted by Gasteiger charge is -2.26. The number of esters is 1.